The summed E-state index contributed by atoms with van der Waals surface area (Å²) in [6, 6.07) is 2.22. The van der Waals surface area contributed by atoms with Gasteiger partial charge in [-0.1, -0.05) is 0 Å². The third kappa shape index (κ3) is 3.79. The number of thiophene rings is 1. The molecule has 4 heteroatoms. The average Bonchev–Trinajstić information content (AvgIpc) is 2.56. The van der Waals surface area contributed by atoms with Crippen LogP contribution in [0, 0.1) is 0 Å². The average molecular weight is 218 g/mol. The van der Waals surface area contributed by atoms with Gasteiger partial charge in [0.25, 0.3) is 0 Å². The van der Waals surface area contributed by atoms with Crippen LogP contribution in [-0.2, 0) is 11.2 Å². The number of carbonyl (C=O) groups is 1. The number of nitrogens with one attached hydrogen (secondary N) is 1. The Labute approximate surface area is 86.9 Å². The highest BCUT2D eigenvalue weighted by molar-refractivity contribution is 7.07. The minimum Gasteiger partial charge on any atom is -0.352 e. The van der Waals surface area contributed by atoms with Gasteiger partial charge in [0.2, 0.25) is 5.91 Å². The van der Waals surface area contributed by atoms with Crippen molar-refractivity contribution in [2.45, 2.75) is 19.4 Å². The van der Waals surface area contributed by atoms with Crippen LogP contribution in [0.1, 0.15) is 12.5 Å². The molecule has 0 radical (unpaired) electrons. The maximum absolute atomic E-state index is 10.9. The van der Waals surface area contributed by atoms with Gasteiger partial charge in [0.1, 0.15) is 5.88 Å². The predicted octanol–water partition coefficient (Wildman–Crippen LogP) is 2.03. The fourth-order valence-electron chi connectivity index (χ4n) is 1.13. The predicted molar refractivity (Wildman–Crippen MR) is 56.3 cm³/mol. The van der Waals surface area contributed by atoms with E-state index in [1.54, 1.807) is 11.3 Å². The minimum atomic E-state index is -0.107. The number of hydrogen-bond donors (Lipinski definition) is 1. The number of halogens is 1. The fraction of sp³-hybridized carbons (Fsp3) is 0.444. The molecular weight excluding hydrogens is 206 g/mol. The van der Waals surface area contributed by atoms with Crippen LogP contribution in [0.2, 0.25) is 0 Å². The van der Waals surface area contributed by atoms with Crippen LogP contribution < -0.4 is 5.32 Å². The van der Waals surface area contributed by atoms with Crippen molar-refractivity contribution >= 4 is 28.8 Å². The molecule has 13 heavy (non-hydrogen) atoms. The largest absolute Gasteiger partial charge is 0.352 e. The van der Waals surface area contributed by atoms with E-state index in [4.69, 9.17) is 11.6 Å². The summed E-state index contributed by atoms with van der Waals surface area (Å²) in [5.74, 6) is -0.0713. The molecule has 1 aromatic heterocycles. The molecule has 1 heterocycles. The van der Waals surface area contributed by atoms with Crippen LogP contribution >= 0.6 is 22.9 Å². The highest BCUT2D eigenvalue weighted by Crippen LogP contribution is 2.08. The van der Waals surface area contributed by atoms with Gasteiger partial charge in [-0.05, 0) is 35.7 Å². The van der Waals surface area contributed by atoms with Crippen LogP contribution in [0.15, 0.2) is 16.8 Å². The molecule has 1 atom stereocenters. The first-order valence-electron chi connectivity index (χ1n) is 4.08. The molecule has 0 saturated heterocycles. The lowest BCUT2D eigenvalue weighted by Gasteiger charge is -2.11. The number of hydrogen-bond acceptors (Lipinski definition) is 2. The fourth-order valence-corrected chi connectivity index (χ4v) is 1.89. The topological polar surface area (TPSA) is 29.1 Å². The van der Waals surface area contributed by atoms with E-state index in [0.29, 0.717) is 0 Å². The zero-order chi connectivity index (χ0) is 9.68. The lowest BCUT2D eigenvalue weighted by atomic mass is 10.1. The quantitative estimate of drug-likeness (QED) is 0.769. The molecule has 0 aliphatic heterocycles. The molecule has 1 amide bonds. The van der Waals surface area contributed by atoms with E-state index in [2.05, 4.69) is 16.8 Å². The van der Waals surface area contributed by atoms with Gasteiger partial charge in [0, 0.05) is 6.04 Å². The van der Waals surface area contributed by atoms with E-state index < -0.39 is 0 Å². The summed E-state index contributed by atoms with van der Waals surface area (Å²) < 4.78 is 0. The van der Waals surface area contributed by atoms with Gasteiger partial charge in [-0.15, -0.1) is 11.6 Å². The Hall–Kier alpha value is -0.540. The second-order valence-electron chi connectivity index (χ2n) is 2.94. The number of carbonyl (C=O) groups excluding carboxylic acids is 1. The van der Waals surface area contributed by atoms with Crippen molar-refractivity contribution < 1.29 is 4.79 Å². The number of rotatable bonds is 4. The van der Waals surface area contributed by atoms with E-state index in [9.17, 15) is 4.79 Å². The monoisotopic (exact) mass is 217 g/mol. The molecule has 0 bridgehead atoms. The van der Waals surface area contributed by atoms with Crippen LogP contribution in [-0.4, -0.2) is 17.8 Å². The van der Waals surface area contributed by atoms with E-state index in [0.717, 1.165) is 6.42 Å². The van der Waals surface area contributed by atoms with Crippen LogP contribution in [0.4, 0.5) is 0 Å². The lowest BCUT2D eigenvalue weighted by molar-refractivity contribution is -0.119. The molecule has 2 nitrogen and oxygen atoms in total. The molecule has 0 fully saturated rings. The van der Waals surface area contributed by atoms with Gasteiger partial charge in [0.05, 0.1) is 0 Å². The standard InChI is InChI=1S/C9H12ClNOS/c1-7(11-9(12)5-10)4-8-2-3-13-6-8/h2-3,6-7H,4-5H2,1H3,(H,11,12). The van der Waals surface area contributed by atoms with Gasteiger partial charge in [-0.25, -0.2) is 0 Å². The first-order chi connectivity index (χ1) is 6.22. The van der Waals surface area contributed by atoms with Crippen LogP contribution in [0.25, 0.3) is 0 Å². The van der Waals surface area contributed by atoms with Gasteiger partial charge in [-0.2, -0.15) is 11.3 Å². The maximum atomic E-state index is 10.9. The summed E-state index contributed by atoms with van der Waals surface area (Å²) in [6.07, 6.45) is 0.867. The smallest absolute Gasteiger partial charge is 0.235 e. The first-order valence-corrected chi connectivity index (χ1v) is 5.56. The van der Waals surface area contributed by atoms with Crippen molar-refractivity contribution in [1.82, 2.24) is 5.32 Å². The molecule has 1 rings (SSSR count). The van der Waals surface area contributed by atoms with Crippen LogP contribution in [0.3, 0.4) is 0 Å². The van der Waals surface area contributed by atoms with E-state index >= 15 is 0 Å². The molecule has 0 aliphatic rings. The Bertz CT molecular complexity index is 261. The third-order valence-corrected chi connectivity index (χ3v) is 2.63. The zero-order valence-corrected chi connectivity index (χ0v) is 8.99. The third-order valence-electron chi connectivity index (χ3n) is 1.65. The molecule has 0 aromatic carbocycles. The number of amides is 1. The van der Waals surface area contributed by atoms with Crippen LogP contribution in [0.5, 0.6) is 0 Å². The van der Waals surface area contributed by atoms with E-state index in [1.807, 2.05) is 12.3 Å². The summed E-state index contributed by atoms with van der Waals surface area (Å²) in [7, 11) is 0. The van der Waals surface area contributed by atoms with Crippen molar-refractivity contribution in [3.8, 4) is 0 Å². The van der Waals surface area contributed by atoms with E-state index in [1.165, 1.54) is 5.56 Å². The van der Waals surface area contributed by atoms with Crippen molar-refractivity contribution in [2.75, 3.05) is 5.88 Å². The molecule has 0 spiro atoms. The molecule has 0 aliphatic carbocycles. The Morgan fingerprint density at radius 1 is 1.77 bits per heavy atom. The Balaban J connectivity index is 2.33. The Kier molecular flexibility index (Phi) is 4.25. The summed E-state index contributed by atoms with van der Waals surface area (Å²) in [5.41, 5.74) is 1.26. The molecule has 0 saturated carbocycles. The maximum Gasteiger partial charge on any atom is 0.235 e. The first kappa shape index (κ1) is 10.5. The second kappa shape index (κ2) is 5.25. The van der Waals surface area contributed by atoms with Gasteiger partial charge in [-0.3, -0.25) is 4.79 Å². The minimum absolute atomic E-state index is 0.0357. The van der Waals surface area contributed by atoms with Gasteiger partial charge < -0.3 is 5.32 Å². The molecular formula is C9H12ClNOS. The van der Waals surface area contributed by atoms with Gasteiger partial charge in [0.15, 0.2) is 0 Å². The van der Waals surface area contributed by atoms with Gasteiger partial charge >= 0.3 is 0 Å². The Morgan fingerprint density at radius 3 is 3.08 bits per heavy atom. The molecule has 72 valence electrons. The Morgan fingerprint density at radius 2 is 2.54 bits per heavy atom. The normalized spacial score (nSPS) is 12.5. The molecule has 1 aromatic rings. The van der Waals surface area contributed by atoms with Crippen molar-refractivity contribution in [3.63, 3.8) is 0 Å². The van der Waals surface area contributed by atoms with Crippen molar-refractivity contribution in [2.24, 2.45) is 0 Å². The lowest BCUT2D eigenvalue weighted by Crippen LogP contribution is -2.34. The summed E-state index contributed by atoms with van der Waals surface area (Å²) in [4.78, 5) is 10.9. The van der Waals surface area contributed by atoms with E-state index in [-0.39, 0.29) is 17.8 Å². The second-order valence-corrected chi connectivity index (χ2v) is 3.99. The summed E-state index contributed by atoms with van der Waals surface area (Å²) in [5, 5.41) is 6.92. The van der Waals surface area contributed by atoms with Crippen molar-refractivity contribution in [1.29, 1.82) is 0 Å². The molecule has 1 N–H and O–H groups in total. The zero-order valence-electron chi connectivity index (χ0n) is 7.42. The highest BCUT2D eigenvalue weighted by atomic mass is 35.5. The summed E-state index contributed by atoms with van der Waals surface area (Å²) >= 11 is 7.04. The van der Waals surface area contributed by atoms with Crippen molar-refractivity contribution in [3.05, 3.63) is 22.4 Å². The number of alkyl halides is 1. The SMILES string of the molecule is CC(Cc1ccsc1)NC(=O)CCl. The highest BCUT2D eigenvalue weighted by Gasteiger charge is 2.06. The summed E-state index contributed by atoms with van der Waals surface area (Å²) in [6.45, 7) is 1.97. The molecule has 1 unspecified atom stereocenters.